The molecule has 0 heterocycles. The first kappa shape index (κ1) is 21.3. The maximum Gasteiger partial charge on any atom is 0.337 e. The highest BCUT2D eigenvalue weighted by Crippen LogP contribution is 2.28. The molecule has 2 aromatic rings. The van der Waals surface area contributed by atoms with E-state index in [0.717, 1.165) is 18.4 Å². The van der Waals surface area contributed by atoms with Gasteiger partial charge in [0.2, 0.25) is 0 Å². The number of hydrogen-bond donors (Lipinski definition) is 1. The fourth-order valence-electron chi connectivity index (χ4n) is 2.60. The number of carbonyl (C=O) groups is 2. The van der Waals surface area contributed by atoms with Crippen molar-refractivity contribution >= 4 is 11.9 Å². The van der Waals surface area contributed by atoms with Gasteiger partial charge in [-0.2, -0.15) is 0 Å². The van der Waals surface area contributed by atoms with E-state index in [0.29, 0.717) is 42.2 Å². The molecule has 6 nitrogen and oxygen atoms in total. The molecule has 0 radical (unpaired) electrons. The number of carbonyl (C=O) groups excluding carboxylic acids is 2. The van der Waals surface area contributed by atoms with Crippen LogP contribution in [0.2, 0.25) is 0 Å². The van der Waals surface area contributed by atoms with E-state index >= 15 is 0 Å². The van der Waals surface area contributed by atoms with Gasteiger partial charge in [-0.25, -0.2) is 4.79 Å². The SMILES string of the molecule is CCCCOc1ccc(C(=O)NCCc2ccc(C(=O)OC)cc2)cc1OC. The van der Waals surface area contributed by atoms with Gasteiger partial charge in [-0.05, 0) is 48.7 Å². The average Bonchev–Trinajstić information content (AvgIpc) is 2.73. The average molecular weight is 385 g/mol. The number of benzene rings is 2. The lowest BCUT2D eigenvalue weighted by atomic mass is 10.1. The van der Waals surface area contributed by atoms with Crippen molar-refractivity contribution in [1.29, 1.82) is 0 Å². The molecule has 2 aromatic carbocycles. The zero-order chi connectivity index (χ0) is 20.4. The number of amides is 1. The van der Waals surface area contributed by atoms with Crippen molar-refractivity contribution in [1.82, 2.24) is 5.32 Å². The number of esters is 1. The third-order valence-electron chi connectivity index (χ3n) is 4.26. The summed E-state index contributed by atoms with van der Waals surface area (Å²) in [5, 5.41) is 2.89. The van der Waals surface area contributed by atoms with E-state index < -0.39 is 0 Å². The summed E-state index contributed by atoms with van der Waals surface area (Å²) in [6, 6.07) is 12.3. The Labute approximate surface area is 165 Å². The van der Waals surface area contributed by atoms with E-state index in [-0.39, 0.29) is 11.9 Å². The molecule has 0 saturated carbocycles. The number of unbranched alkanes of at least 4 members (excludes halogenated alkanes) is 1. The van der Waals surface area contributed by atoms with Crippen molar-refractivity contribution in [3.05, 3.63) is 59.2 Å². The van der Waals surface area contributed by atoms with Crippen molar-refractivity contribution in [2.45, 2.75) is 26.2 Å². The molecule has 0 unspecified atom stereocenters. The van der Waals surface area contributed by atoms with Gasteiger partial charge >= 0.3 is 5.97 Å². The van der Waals surface area contributed by atoms with Crippen LogP contribution in [0.1, 0.15) is 46.0 Å². The van der Waals surface area contributed by atoms with Crippen molar-refractivity contribution in [2.75, 3.05) is 27.4 Å². The van der Waals surface area contributed by atoms with Gasteiger partial charge in [0.1, 0.15) is 0 Å². The number of nitrogens with one attached hydrogen (secondary N) is 1. The number of methoxy groups -OCH3 is 2. The van der Waals surface area contributed by atoms with Crippen LogP contribution in [-0.2, 0) is 11.2 Å². The van der Waals surface area contributed by atoms with Gasteiger partial charge in [0.15, 0.2) is 11.5 Å². The first-order valence-electron chi connectivity index (χ1n) is 9.35. The van der Waals surface area contributed by atoms with Gasteiger partial charge in [0.05, 0.1) is 26.4 Å². The summed E-state index contributed by atoms with van der Waals surface area (Å²) in [5.74, 6) is 0.640. The van der Waals surface area contributed by atoms with Gasteiger partial charge in [-0.15, -0.1) is 0 Å². The molecule has 150 valence electrons. The summed E-state index contributed by atoms with van der Waals surface area (Å²) in [5.41, 5.74) is 2.04. The molecule has 1 amide bonds. The molecule has 0 spiro atoms. The fourth-order valence-corrected chi connectivity index (χ4v) is 2.60. The molecule has 6 heteroatoms. The van der Waals surface area contributed by atoms with Crippen LogP contribution in [0.3, 0.4) is 0 Å². The Hall–Kier alpha value is -3.02. The van der Waals surface area contributed by atoms with Gasteiger partial charge in [-0.3, -0.25) is 4.79 Å². The Balaban J connectivity index is 1.89. The maximum atomic E-state index is 12.4. The van der Waals surface area contributed by atoms with Crippen LogP contribution in [0.4, 0.5) is 0 Å². The van der Waals surface area contributed by atoms with Crippen LogP contribution in [-0.4, -0.2) is 39.2 Å². The summed E-state index contributed by atoms with van der Waals surface area (Å²) in [6.45, 7) is 3.20. The smallest absolute Gasteiger partial charge is 0.337 e. The molecule has 0 aliphatic heterocycles. The summed E-state index contributed by atoms with van der Waals surface area (Å²) in [4.78, 5) is 23.8. The standard InChI is InChI=1S/C22H27NO5/c1-4-5-14-28-19-11-10-18(15-20(19)26-2)21(24)23-13-12-16-6-8-17(9-7-16)22(25)27-3/h6-11,15H,4-5,12-14H2,1-3H3,(H,23,24). The fraction of sp³-hybridized carbons (Fsp3) is 0.364. The number of rotatable bonds is 10. The van der Waals surface area contributed by atoms with E-state index in [9.17, 15) is 9.59 Å². The van der Waals surface area contributed by atoms with Crippen molar-refractivity contribution < 1.29 is 23.8 Å². The highest BCUT2D eigenvalue weighted by Gasteiger charge is 2.11. The third kappa shape index (κ3) is 6.01. The number of ether oxygens (including phenoxy) is 3. The van der Waals surface area contributed by atoms with Crippen LogP contribution in [0, 0.1) is 0 Å². The topological polar surface area (TPSA) is 73.9 Å². The van der Waals surface area contributed by atoms with Gasteiger partial charge in [0, 0.05) is 12.1 Å². The molecule has 0 bridgehead atoms. The molecular formula is C22H27NO5. The quantitative estimate of drug-likeness (QED) is 0.499. The van der Waals surface area contributed by atoms with E-state index in [4.69, 9.17) is 9.47 Å². The molecule has 28 heavy (non-hydrogen) atoms. The lowest BCUT2D eigenvalue weighted by Crippen LogP contribution is -2.25. The van der Waals surface area contributed by atoms with Gasteiger partial charge in [-0.1, -0.05) is 25.5 Å². The summed E-state index contributed by atoms with van der Waals surface area (Å²) in [7, 11) is 2.91. The monoisotopic (exact) mass is 385 g/mol. The van der Waals surface area contributed by atoms with Gasteiger partial charge in [0.25, 0.3) is 5.91 Å². The predicted molar refractivity (Wildman–Crippen MR) is 107 cm³/mol. The Morgan fingerprint density at radius 2 is 1.68 bits per heavy atom. The van der Waals surface area contributed by atoms with Crippen LogP contribution < -0.4 is 14.8 Å². The Kier molecular flexibility index (Phi) is 8.34. The molecule has 0 saturated heterocycles. The second kappa shape index (κ2) is 11.0. The molecular weight excluding hydrogens is 358 g/mol. The van der Waals surface area contributed by atoms with E-state index in [1.165, 1.54) is 7.11 Å². The van der Waals surface area contributed by atoms with E-state index in [2.05, 4.69) is 17.0 Å². The minimum absolute atomic E-state index is 0.176. The largest absolute Gasteiger partial charge is 0.493 e. The lowest BCUT2D eigenvalue weighted by Gasteiger charge is -2.12. The third-order valence-corrected chi connectivity index (χ3v) is 4.26. The van der Waals surface area contributed by atoms with Crippen LogP contribution in [0.5, 0.6) is 11.5 Å². The van der Waals surface area contributed by atoms with Crippen molar-refractivity contribution in [2.24, 2.45) is 0 Å². The second-order valence-corrected chi connectivity index (χ2v) is 6.26. The Morgan fingerprint density at radius 1 is 0.964 bits per heavy atom. The van der Waals surface area contributed by atoms with Crippen LogP contribution >= 0.6 is 0 Å². The molecule has 0 atom stereocenters. The van der Waals surface area contributed by atoms with Crippen molar-refractivity contribution in [3.8, 4) is 11.5 Å². The molecule has 0 aliphatic carbocycles. The molecule has 1 N–H and O–H groups in total. The summed E-state index contributed by atoms with van der Waals surface area (Å²) >= 11 is 0. The van der Waals surface area contributed by atoms with E-state index in [1.807, 2.05) is 12.1 Å². The first-order chi connectivity index (χ1) is 13.6. The minimum atomic E-state index is -0.365. The zero-order valence-electron chi connectivity index (χ0n) is 16.6. The normalized spacial score (nSPS) is 10.2. The molecule has 0 aromatic heterocycles. The molecule has 0 aliphatic rings. The second-order valence-electron chi connectivity index (χ2n) is 6.26. The van der Waals surface area contributed by atoms with Gasteiger partial charge < -0.3 is 19.5 Å². The summed E-state index contributed by atoms with van der Waals surface area (Å²) in [6.07, 6.45) is 2.67. The minimum Gasteiger partial charge on any atom is -0.493 e. The zero-order valence-corrected chi connectivity index (χ0v) is 16.6. The number of hydrogen-bond acceptors (Lipinski definition) is 5. The summed E-state index contributed by atoms with van der Waals surface area (Å²) < 4.78 is 15.7. The predicted octanol–water partition coefficient (Wildman–Crippen LogP) is 3.63. The molecule has 0 fully saturated rings. The first-order valence-corrected chi connectivity index (χ1v) is 9.35. The van der Waals surface area contributed by atoms with Crippen LogP contribution in [0.15, 0.2) is 42.5 Å². The van der Waals surface area contributed by atoms with E-state index in [1.54, 1.807) is 37.4 Å². The lowest BCUT2D eigenvalue weighted by molar-refractivity contribution is 0.0600. The Morgan fingerprint density at radius 3 is 2.32 bits per heavy atom. The Bertz CT molecular complexity index is 786. The van der Waals surface area contributed by atoms with Crippen molar-refractivity contribution in [3.63, 3.8) is 0 Å². The highest BCUT2D eigenvalue weighted by atomic mass is 16.5. The molecule has 2 rings (SSSR count). The van der Waals surface area contributed by atoms with Crippen LogP contribution in [0.25, 0.3) is 0 Å². The maximum absolute atomic E-state index is 12.4. The highest BCUT2D eigenvalue weighted by molar-refractivity contribution is 5.94.